The van der Waals surface area contributed by atoms with E-state index in [9.17, 15) is 0 Å². The first-order valence-electron chi connectivity index (χ1n) is 6.21. The molecule has 1 unspecified atom stereocenters. The topological polar surface area (TPSA) is 64.9 Å². The first-order valence-corrected chi connectivity index (χ1v) is 6.21. The van der Waals surface area contributed by atoms with Gasteiger partial charge in [0, 0.05) is 6.92 Å². The number of aryl methyl sites for hydroxylation is 1. The molecular weight excluding hydrogens is 226 g/mol. The van der Waals surface area contributed by atoms with Gasteiger partial charge in [0.05, 0.1) is 6.04 Å². The van der Waals surface area contributed by atoms with Crippen molar-refractivity contribution in [3.05, 3.63) is 47.1 Å². The van der Waals surface area contributed by atoms with E-state index in [1.807, 2.05) is 12.1 Å². The largest absolute Gasteiger partial charge is 0.340 e. The van der Waals surface area contributed by atoms with Crippen LogP contribution < -0.4 is 5.73 Å². The van der Waals surface area contributed by atoms with Crippen molar-refractivity contribution >= 4 is 0 Å². The zero-order valence-corrected chi connectivity index (χ0v) is 11.1. The van der Waals surface area contributed by atoms with Gasteiger partial charge in [0.15, 0.2) is 5.82 Å². The molecule has 1 aromatic heterocycles. The van der Waals surface area contributed by atoms with Crippen LogP contribution in [0, 0.1) is 12.8 Å². The van der Waals surface area contributed by atoms with Gasteiger partial charge in [-0.15, -0.1) is 0 Å². The summed E-state index contributed by atoms with van der Waals surface area (Å²) in [7, 11) is 0. The first-order chi connectivity index (χ1) is 8.56. The summed E-state index contributed by atoms with van der Waals surface area (Å²) in [6.07, 6.45) is 1.08. The van der Waals surface area contributed by atoms with Crippen LogP contribution in [0.1, 0.15) is 42.7 Å². The van der Waals surface area contributed by atoms with Gasteiger partial charge < -0.3 is 10.3 Å². The Hall–Kier alpha value is -1.68. The van der Waals surface area contributed by atoms with E-state index in [-0.39, 0.29) is 6.04 Å². The highest BCUT2D eigenvalue weighted by Gasteiger charge is 2.14. The van der Waals surface area contributed by atoms with Crippen LogP contribution in [-0.4, -0.2) is 10.1 Å². The molecule has 0 fully saturated rings. The number of hydrogen-bond acceptors (Lipinski definition) is 4. The molecule has 4 heteroatoms. The lowest BCUT2D eigenvalue weighted by atomic mass is 9.99. The Balaban J connectivity index is 2.14. The molecule has 0 radical (unpaired) electrons. The maximum Gasteiger partial charge on any atom is 0.223 e. The Kier molecular flexibility index (Phi) is 3.77. The second kappa shape index (κ2) is 5.31. The van der Waals surface area contributed by atoms with Crippen LogP contribution in [0.4, 0.5) is 0 Å². The monoisotopic (exact) mass is 245 g/mol. The van der Waals surface area contributed by atoms with E-state index in [1.165, 1.54) is 5.56 Å². The molecule has 0 amide bonds. The average Bonchev–Trinajstić information content (AvgIpc) is 2.75. The highest BCUT2D eigenvalue weighted by Crippen LogP contribution is 2.18. The van der Waals surface area contributed by atoms with Crippen molar-refractivity contribution in [2.45, 2.75) is 33.2 Å². The van der Waals surface area contributed by atoms with Gasteiger partial charge in [-0.3, -0.25) is 0 Å². The molecule has 1 heterocycles. The van der Waals surface area contributed by atoms with Gasteiger partial charge in [0.2, 0.25) is 5.89 Å². The molecular formula is C14H19N3O. The van der Waals surface area contributed by atoms with Crippen molar-refractivity contribution in [2.24, 2.45) is 11.7 Å². The molecule has 18 heavy (non-hydrogen) atoms. The van der Waals surface area contributed by atoms with Gasteiger partial charge in [-0.25, -0.2) is 0 Å². The fraction of sp³-hybridized carbons (Fsp3) is 0.429. The molecule has 2 N–H and O–H groups in total. The van der Waals surface area contributed by atoms with Gasteiger partial charge in [0.1, 0.15) is 0 Å². The van der Waals surface area contributed by atoms with Crippen LogP contribution in [0.25, 0.3) is 0 Å². The highest BCUT2D eigenvalue weighted by molar-refractivity contribution is 5.28. The quantitative estimate of drug-likeness (QED) is 0.899. The van der Waals surface area contributed by atoms with Crippen LogP contribution >= 0.6 is 0 Å². The molecule has 1 aromatic carbocycles. The standard InChI is InChI=1S/C14H19N3O/c1-9(2)8-11-4-6-12(7-5-11)13(15)14-16-10(3)18-17-14/h4-7,9,13H,8,15H2,1-3H3. The van der Waals surface area contributed by atoms with Crippen molar-refractivity contribution < 1.29 is 4.52 Å². The number of rotatable bonds is 4. The van der Waals surface area contributed by atoms with E-state index in [1.54, 1.807) is 6.92 Å². The van der Waals surface area contributed by atoms with E-state index in [2.05, 4.69) is 36.1 Å². The Labute approximate surface area is 107 Å². The predicted molar refractivity (Wildman–Crippen MR) is 70.0 cm³/mol. The van der Waals surface area contributed by atoms with E-state index in [4.69, 9.17) is 10.3 Å². The maximum absolute atomic E-state index is 6.10. The van der Waals surface area contributed by atoms with Gasteiger partial charge in [-0.1, -0.05) is 43.3 Å². The lowest BCUT2D eigenvalue weighted by Crippen LogP contribution is -2.13. The zero-order chi connectivity index (χ0) is 13.1. The summed E-state index contributed by atoms with van der Waals surface area (Å²) < 4.78 is 4.94. The van der Waals surface area contributed by atoms with Gasteiger partial charge in [-0.2, -0.15) is 4.98 Å². The predicted octanol–water partition coefficient (Wildman–Crippen LogP) is 2.62. The van der Waals surface area contributed by atoms with Crippen molar-refractivity contribution in [1.29, 1.82) is 0 Å². The minimum absolute atomic E-state index is 0.324. The van der Waals surface area contributed by atoms with Gasteiger partial charge in [0.25, 0.3) is 0 Å². The highest BCUT2D eigenvalue weighted by atomic mass is 16.5. The van der Waals surface area contributed by atoms with Crippen LogP contribution in [0.5, 0.6) is 0 Å². The molecule has 0 bridgehead atoms. The third-order valence-corrected chi connectivity index (χ3v) is 2.80. The summed E-state index contributed by atoms with van der Waals surface area (Å²) in [6, 6.07) is 7.97. The number of hydrogen-bond donors (Lipinski definition) is 1. The van der Waals surface area contributed by atoms with E-state index in [0.717, 1.165) is 12.0 Å². The molecule has 4 nitrogen and oxygen atoms in total. The number of aromatic nitrogens is 2. The van der Waals surface area contributed by atoms with E-state index in [0.29, 0.717) is 17.6 Å². The molecule has 2 rings (SSSR count). The number of benzene rings is 1. The zero-order valence-electron chi connectivity index (χ0n) is 11.1. The van der Waals surface area contributed by atoms with Crippen molar-refractivity contribution in [3.63, 3.8) is 0 Å². The van der Waals surface area contributed by atoms with Crippen molar-refractivity contribution in [3.8, 4) is 0 Å². The Bertz CT molecular complexity index is 502. The third-order valence-electron chi connectivity index (χ3n) is 2.80. The molecule has 0 saturated heterocycles. The van der Waals surface area contributed by atoms with Crippen LogP contribution in [0.3, 0.4) is 0 Å². The third kappa shape index (κ3) is 2.96. The second-order valence-electron chi connectivity index (χ2n) is 4.99. The van der Waals surface area contributed by atoms with Crippen LogP contribution in [0.2, 0.25) is 0 Å². The summed E-state index contributed by atoms with van der Waals surface area (Å²) in [5.74, 6) is 1.73. The first kappa shape index (κ1) is 12.8. The Morgan fingerprint density at radius 2 is 1.89 bits per heavy atom. The fourth-order valence-corrected chi connectivity index (χ4v) is 1.92. The normalized spacial score (nSPS) is 12.9. The molecule has 1 atom stereocenters. The summed E-state index contributed by atoms with van der Waals surface area (Å²) in [5.41, 5.74) is 8.42. The lowest BCUT2D eigenvalue weighted by Gasteiger charge is -2.09. The van der Waals surface area contributed by atoms with Crippen molar-refractivity contribution in [1.82, 2.24) is 10.1 Å². The van der Waals surface area contributed by atoms with E-state index < -0.39 is 0 Å². The van der Waals surface area contributed by atoms with Crippen molar-refractivity contribution in [2.75, 3.05) is 0 Å². The molecule has 96 valence electrons. The average molecular weight is 245 g/mol. The summed E-state index contributed by atoms with van der Waals surface area (Å²) >= 11 is 0. The number of nitrogens with two attached hydrogens (primary N) is 1. The molecule has 0 saturated carbocycles. The number of nitrogens with zero attached hydrogens (tertiary/aromatic N) is 2. The summed E-state index contributed by atoms with van der Waals surface area (Å²) in [5, 5.41) is 3.85. The Morgan fingerprint density at radius 1 is 1.22 bits per heavy atom. The van der Waals surface area contributed by atoms with Gasteiger partial charge in [-0.05, 0) is 23.5 Å². The summed E-state index contributed by atoms with van der Waals surface area (Å²) in [4.78, 5) is 4.16. The van der Waals surface area contributed by atoms with Gasteiger partial charge >= 0.3 is 0 Å². The fourth-order valence-electron chi connectivity index (χ4n) is 1.92. The smallest absolute Gasteiger partial charge is 0.223 e. The van der Waals surface area contributed by atoms with Crippen LogP contribution in [0.15, 0.2) is 28.8 Å². The minimum atomic E-state index is -0.324. The lowest BCUT2D eigenvalue weighted by molar-refractivity contribution is 0.385. The Morgan fingerprint density at radius 3 is 2.39 bits per heavy atom. The van der Waals surface area contributed by atoms with E-state index >= 15 is 0 Å². The molecule has 0 aliphatic carbocycles. The SMILES string of the molecule is Cc1nc(C(N)c2ccc(CC(C)C)cc2)no1. The summed E-state index contributed by atoms with van der Waals surface area (Å²) in [6.45, 7) is 6.18. The minimum Gasteiger partial charge on any atom is -0.340 e. The molecule has 0 aliphatic heterocycles. The maximum atomic E-state index is 6.10. The molecule has 0 aliphatic rings. The molecule has 0 spiro atoms. The molecule has 2 aromatic rings. The second-order valence-corrected chi connectivity index (χ2v) is 4.99. The van der Waals surface area contributed by atoms with Crippen LogP contribution in [-0.2, 0) is 6.42 Å².